The van der Waals surface area contributed by atoms with Gasteiger partial charge in [-0.05, 0) is 12.1 Å². The van der Waals surface area contributed by atoms with Crippen molar-refractivity contribution in [1.82, 2.24) is 4.90 Å². The van der Waals surface area contributed by atoms with Gasteiger partial charge in [-0.2, -0.15) is 0 Å². The molecule has 0 aromatic heterocycles. The number of rotatable bonds is 3. The molecule has 6 nitrogen and oxygen atoms in total. The number of fused-ring (bicyclic) bond motifs is 1. The minimum atomic E-state index is -0.473. The van der Waals surface area contributed by atoms with Crippen molar-refractivity contribution in [2.24, 2.45) is 0 Å². The Balaban J connectivity index is 2.23. The number of nitrogens with zero attached hydrogens (tertiary/aromatic N) is 3. The summed E-state index contributed by atoms with van der Waals surface area (Å²) in [7, 11) is 3.66. The van der Waals surface area contributed by atoms with Crippen molar-refractivity contribution in [3.63, 3.8) is 0 Å². The highest BCUT2D eigenvalue weighted by Crippen LogP contribution is 2.44. The topological polar surface area (TPSA) is 66.7 Å². The summed E-state index contributed by atoms with van der Waals surface area (Å²) in [4.78, 5) is 26.9. The van der Waals surface area contributed by atoms with E-state index in [0.717, 1.165) is 5.56 Å². The van der Waals surface area contributed by atoms with Crippen LogP contribution in [-0.4, -0.2) is 29.8 Å². The van der Waals surface area contributed by atoms with Gasteiger partial charge >= 0.3 is 0 Å². The fourth-order valence-corrected chi connectivity index (χ4v) is 2.67. The third-order valence-corrected chi connectivity index (χ3v) is 3.58. The Morgan fingerprint density at radius 1 is 1.04 bits per heavy atom. The second-order valence-corrected chi connectivity index (χ2v) is 5.41. The van der Waals surface area contributed by atoms with Gasteiger partial charge in [-0.25, -0.2) is 0 Å². The van der Waals surface area contributed by atoms with Gasteiger partial charge in [-0.15, -0.1) is 0 Å². The van der Waals surface area contributed by atoms with Crippen LogP contribution in [0.2, 0.25) is 0 Å². The van der Waals surface area contributed by atoms with E-state index in [2.05, 4.69) is 0 Å². The summed E-state index contributed by atoms with van der Waals surface area (Å²) in [6.45, 7) is 0. The Morgan fingerprint density at radius 2 is 1.65 bits per heavy atom. The van der Waals surface area contributed by atoms with Crippen LogP contribution in [0.5, 0.6) is 0 Å². The molecule has 2 aromatic rings. The largest absolute Gasteiger partial charge is 0.383 e. The molecule has 23 heavy (non-hydrogen) atoms. The molecule has 0 aliphatic carbocycles. The maximum Gasteiger partial charge on any atom is 0.293 e. The minimum Gasteiger partial charge on any atom is -0.383 e. The highest BCUT2D eigenvalue weighted by molar-refractivity contribution is 6.35. The minimum absolute atomic E-state index is 0.0956. The third-order valence-electron chi connectivity index (χ3n) is 3.58. The molecule has 1 aliphatic rings. The first kappa shape index (κ1) is 14.8. The molecule has 0 saturated heterocycles. The van der Waals surface area contributed by atoms with Gasteiger partial charge in [0.2, 0.25) is 0 Å². The van der Waals surface area contributed by atoms with Gasteiger partial charge < -0.3 is 4.90 Å². The first-order valence-electron chi connectivity index (χ1n) is 7.06. The molecule has 1 amide bonds. The number of nitro groups is 1. The maximum absolute atomic E-state index is 12.9. The number of carbonyl (C=O) groups excluding carboxylic acids is 1. The molecular formula is C17H15N3O3. The Labute approximate surface area is 133 Å². The summed E-state index contributed by atoms with van der Waals surface area (Å²) in [5.41, 5.74) is 2.12. The second kappa shape index (κ2) is 5.57. The average molecular weight is 309 g/mol. The molecule has 0 atom stereocenters. The number of amides is 1. The molecular weight excluding hydrogens is 294 g/mol. The van der Waals surface area contributed by atoms with Gasteiger partial charge in [0.1, 0.15) is 5.69 Å². The van der Waals surface area contributed by atoms with E-state index in [1.807, 2.05) is 32.3 Å². The van der Waals surface area contributed by atoms with Crippen molar-refractivity contribution in [2.75, 3.05) is 19.0 Å². The van der Waals surface area contributed by atoms with E-state index in [9.17, 15) is 14.9 Å². The highest BCUT2D eigenvalue weighted by atomic mass is 16.6. The lowest BCUT2D eigenvalue weighted by molar-refractivity contribution is -0.384. The molecule has 1 aliphatic heterocycles. The van der Waals surface area contributed by atoms with Gasteiger partial charge in [0.05, 0.1) is 16.2 Å². The summed E-state index contributed by atoms with van der Waals surface area (Å²) >= 11 is 0. The number of carbonyl (C=O) groups is 1. The Morgan fingerprint density at radius 3 is 2.30 bits per heavy atom. The molecule has 1 heterocycles. The molecule has 3 rings (SSSR count). The SMILES string of the molecule is CN(C)/C=C1\C(=O)N(c2ccccc2[N+](=O)[O-])c2ccccc21. The molecule has 2 aromatic carbocycles. The van der Waals surface area contributed by atoms with Crippen LogP contribution >= 0.6 is 0 Å². The van der Waals surface area contributed by atoms with E-state index < -0.39 is 4.92 Å². The zero-order chi connectivity index (χ0) is 16.6. The Bertz CT molecular complexity index is 827. The molecule has 0 N–H and O–H groups in total. The lowest BCUT2D eigenvalue weighted by Gasteiger charge is -2.17. The van der Waals surface area contributed by atoms with E-state index in [-0.39, 0.29) is 17.3 Å². The molecule has 6 heteroatoms. The van der Waals surface area contributed by atoms with Crippen LogP contribution in [-0.2, 0) is 4.79 Å². The smallest absolute Gasteiger partial charge is 0.293 e. The second-order valence-electron chi connectivity index (χ2n) is 5.41. The van der Waals surface area contributed by atoms with E-state index in [1.165, 1.54) is 11.0 Å². The van der Waals surface area contributed by atoms with E-state index in [1.54, 1.807) is 35.4 Å². The number of hydrogen-bond donors (Lipinski definition) is 0. The maximum atomic E-state index is 12.9. The van der Waals surface area contributed by atoms with Crippen molar-refractivity contribution < 1.29 is 9.72 Å². The molecule has 0 unspecified atom stereocenters. The normalized spacial score (nSPS) is 15.0. The first-order valence-corrected chi connectivity index (χ1v) is 7.06. The van der Waals surface area contributed by atoms with Crippen molar-refractivity contribution in [2.45, 2.75) is 0 Å². The van der Waals surface area contributed by atoms with Crippen LogP contribution in [0.25, 0.3) is 5.57 Å². The Hall–Kier alpha value is -3.15. The number of benzene rings is 2. The van der Waals surface area contributed by atoms with Crippen LogP contribution in [0, 0.1) is 10.1 Å². The summed E-state index contributed by atoms with van der Waals surface area (Å²) in [5, 5.41) is 11.3. The van der Waals surface area contributed by atoms with E-state index in [0.29, 0.717) is 11.3 Å². The summed E-state index contributed by atoms with van der Waals surface area (Å²) in [5.74, 6) is -0.269. The van der Waals surface area contributed by atoms with Crippen molar-refractivity contribution in [3.05, 3.63) is 70.4 Å². The van der Waals surface area contributed by atoms with Crippen molar-refractivity contribution >= 4 is 28.5 Å². The number of anilines is 2. The van der Waals surface area contributed by atoms with E-state index in [4.69, 9.17) is 0 Å². The first-order chi connectivity index (χ1) is 11.0. The quantitative estimate of drug-likeness (QED) is 0.496. The third kappa shape index (κ3) is 2.44. The molecule has 0 saturated carbocycles. The molecule has 116 valence electrons. The lowest BCUT2D eigenvalue weighted by atomic mass is 10.1. The molecule has 0 spiro atoms. The summed E-state index contributed by atoms with van der Waals surface area (Å²) in [6, 6.07) is 13.6. The molecule has 0 bridgehead atoms. The van der Waals surface area contributed by atoms with Crippen LogP contribution in [0.3, 0.4) is 0 Å². The molecule has 0 fully saturated rings. The van der Waals surface area contributed by atoms with Gasteiger partial charge in [0.25, 0.3) is 11.6 Å². The van der Waals surface area contributed by atoms with Crippen molar-refractivity contribution in [3.8, 4) is 0 Å². The number of hydrogen-bond acceptors (Lipinski definition) is 4. The highest BCUT2D eigenvalue weighted by Gasteiger charge is 2.36. The standard InChI is InChI=1S/C17H15N3O3/c1-18(2)11-13-12-7-3-4-8-14(12)19(17(13)21)15-9-5-6-10-16(15)20(22)23/h3-11H,1-2H3/b13-11-. The van der Waals surface area contributed by atoms with Crippen LogP contribution in [0.1, 0.15) is 5.56 Å². The predicted molar refractivity (Wildman–Crippen MR) is 88.3 cm³/mol. The molecule has 0 radical (unpaired) electrons. The Kier molecular flexibility index (Phi) is 3.57. The fourth-order valence-electron chi connectivity index (χ4n) is 2.67. The lowest BCUT2D eigenvalue weighted by Crippen LogP contribution is -2.22. The monoisotopic (exact) mass is 309 g/mol. The predicted octanol–water partition coefficient (Wildman–Crippen LogP) is 3.18. The van der Waals surface area contributed by atoms with Crippen LogP contribution < -0.4 is 4.90 Å². The van der Waals surface area contributed by atoms with Gasteiger partial charge in [-0.3, -0.25) is 19.8 Å². The summed E-state index contributed by atoms with van der Waals surface area (Å²) < 4.78 is 0. The van der Waals surface area contributed by atoms with Gasteiger partial charge in [0, 0.05) is 31.9 Å². The fraction of sp³-hybridized carbons (Fsp3) is 0.118. The van der Waals surface area contributed by atoms with Crippen LogP contribution in [0.4, 0.5) is 17.1 Å². The zero-order valence-electron chi connectivity index (χ0n) is 12.8. The van der Waals surface area contributed by atoms with E-state index >= 15 is 0 Å². The van der Waals surface area contributed by atoms with Gasteiger partial charge in [-0.1, -0.05) is 30.3 Å². The summed E-state index contributed by atoms with van der Waals surface area (Å²) in [6.07, 6.45) is 1.73. The van der Waals surface area contributed by atoms with Crippen molar-refractivity contribution in [1.29, 1.82) is 0 Å². The number of nitro benzene ring substituents is 1. The number of para-hydroxylation sites is 3. The zero-order valence-corrected chi connectivity index (χ0v) is 12.8. The van der Waals surface area contributed by atoms with Gasteiger partial charge in [0.15, 0.2) is 0 Å². The average Bonchev–Trinajstić information content (AvgIpc) is 2.79. The van der Waals surface area contributed by atoms with Crippen LogP contribution in [0.15, 0.2) is 54.7 Å².